The van der Waals surface area contributed by atoms with Crippen molar-refractivity contribution in [3.63, 3.8) is 0 Å². The Bertz CT molecular complexity index is 171. The highest BCUT2D eigenvalue weighted by Gasteiger charge is 2.32. The Labute approximate surface area is 61.2 Å². The van der Waals surface area contributed by atoms with Crippen molar-refractivity contribution in [1.82, 2.24) is 5.32 Å². The molecule has 0 aromatic heterocycles. The second kappa shape index (κ2) is 2.85. The summed E-state index contributed by atoms with van der Waals surface area (Å²) in [7, 11) is 0. The normalized spacial score (nSPS) is 24.3. The third-order valence-corrected chi connectivity index (χ3v) is 0.994. The van der Waals surface area contributed by atoms with Gasteiger partial charge in [-0.2, -0.15) is 0 Å². The quantitative estimate of drug-likeness (QED) is 0.575. The Balaban J connectivity index is 2.46. The first-order valence-electron chi connectivity index (χ1n) is 2.43. The number of ether oxygens (including phenoxy) is 2. The maximum absolute atomic E-state index is 10.5. The van der Waals surface area contributed by atoms with Gasteiger partial charge in [0.1, 0.15) is 6.07 Å². The SMILES string of the molecule is O=C1NC(=O)C(OCCl)O1. The number of alkyl halides is 1. The molecule has 5 nitrogen and oxygen atoms in total. The van der Waals surface area contributed by atoms with Crippen molar-refractivity contribution in [3.8, 4) is 0 Å². The number of nitrogens with one attached hydrogen (secondary N) is 1. The lowest BCUT2D eigenvalue weighted by molar-refractivity contribution is -0.143. The van der Waals surface area contributed by atoms with Crippen molar-refractivity contribution in [3.05, 3.63) is 0 Å². The Morgan fingerprint density at radius 3 is 2.80 bits per heavy atom. The molecular formula is C4H4ClNO4. The number of hydrogen-bond donors (Lipinski definition) is 1. The molecule has 0 radical (unpaired) electrons. The molecule has 2 amide bonds. The van der Waals surface area contributed by atoms with E-state index in [9.17, 15) is 9.59 Å². The number of carbonyl (C=O) groups excluding carboxylic acids is 2. The highest BCUT2D eigenvalue weighted by Crippen LogP contribution is 2.03. The molecule has 1 fully saturated rings. The second-order valence-corrected chi connectivity index (χ2v) is 1.72. The zero-order valence-corrected chi connectivity index (χ0v) is 5.55. The van der Waals surface area contributed by atoms with E-state index in [0.717, 1.165) is 0 Å². The molecule has 1 aliphatic heterocycles. The summed E-state index contributed by atoms with van der Waals surface area (Å²) in [4.78, 5) is 20.8. The van der Waals surface area contributed by atoms with Crippen LogP contribution in [-0.4, -0.2) is 24.4 Å². The Morgan fingerprint density at radius 1 is 1.70 bits per heavy atom. The average molecular weight is 166 g/mol. The van der Waals surface area contributed by atoms with E-state index in [2.05, 4.69) is 9.47 Å². The van der Waals surface area contributed by atoms with Crippen molar-refractivity contribution in [2.45, 2.75) is 6.29 Å². The largest absolute Gasteiger partial charge is 0.416 e. The Hall–Kier alpha value is -0.810. The third kappa shape index (κ3) is 1.37. The van der Waals surface area contributed by atoms with Crippen LogP contribution in [0.15, 0.2) is 0 Å². The van der Waals surface area contributed by atoms with E-state index in [1.54, 1.807) is 0 Å². The van der Waals surface area contributed by atoms with E-state index < -0.39 is 18.3 Å². The Morgan fingerprint density at radius 2 is 2.40 bits per heavy atom. The lowest BCUT2D eigenvalue weighted by Gasteiger charge is -2.02. The fourth-order valence-corrected chi connectivity index (χ4v) is 0.621. The maximum atomic E-state index is 10.5. The summed E-state index contributed by atoms with van der Waals surface area (Å²) in [5, 5.41) is 1.87. The van der Waals surface area contributed by atoms with E-state index in [1.165, 1.54) is 0 Å². The monoisotopic (exact) mass is 165 g/mol. The average Bonchev–Trinajstić information content (AvgIpc) is 2.13. The van der Waals surface area contributed by atoms with Gasteiger partial charge in [-0.05, 0) is 0 Å². The fraction of sp³-hybridized carbons (Fsp3) is 0.500. The van der Waals surface area contributed by atoms with Crippen molar-refractivity contribution < 1.29 is 19.1 Å². The molecule has 0 spiro atoms. The minimum atomic E-state index is -1.18. The molecule has 10 heavy (non-hydrogen) atoms. The first kappa shape index (κ1) is 7.30. The van der Waals surface area contributed by atoms with Crippen LogP contribution < -0.4 is 5.32 Å². The van der Waals surface area contributed by atoms with Crippen LogP contribution in [0.4, 0.5) is 4.79 Å². The molecule has 1 atom stereocenters. The summed E-state index contributed by atoms with van der Waals surface area (Å²) in [5.41, 5.74) is 0. The summed E-state index contributed by atoms with van der Waals surface area (Å²) < 4.78 is 8.80. The number of cyclic esters (lactones) is 1. The molecule has 0 aromatic carbocycles. The van der Waals surface area contributed by atoms with E-state index in [1.807, 2.05) is 5.32 Å². The van der Waals surface area contributed by atoms with Crippen LogP contribution in [0.5, 0.6) is 0 Å². The molecule has 0 aliphatic carbocycles. The van der Waals surface area contributed by atoms with Crippen molar-refractivity contribution in [2.24, 2.45) is 0 Å². The van der Waals surface area contributed by atoms with Gasteiger partial charge in [0.15, 0.2) is 0 Å². The molecule has 1 saturated heterocycles. The predicted molar refractivity (Wildman–Crippen MR) is 30.2 cm³/mol. The van der Waals surface area contributed by atoms with Crippen molar-refractivity contribution in [1.29, 1.82) is 0 Å². The van der Waals surface area contributed by atoms with E-state index in [-0.39, 0.29) is 6.07 Å². The van der Waals surface area contributed by atoms with Crippen LogP contribution in [0.25, 0.3) is 0 Å². The van der Waals surface area contributed by atoms with Gasteiger partial charge in [-0.3, -0.25) is 10.1 Å². The minimum Gasteiger partial charge on any atom is -0.409 e. The lowest BCUT2D eigenvalue weighted by atomic mass is 10.6. The zero-order chi connectivity index (χ0) is 7.56. The number of hydrogen-bond acceptors (Lipinski definition) is 4. The van der Waals surface area contributed by atoms with Crippen LogP contribution in [0.2, 0.25) is 0 Å². The molecule has 56 valence electrons. The summed E-state index contributed by atoms with van der Waals surface area (Å²) in [5.74, 6) is -0.620. The van der Waals surface area contributed by atoms with Crippen LogP contribution in [0.1, 0.15) is 0 Å². The first-order valence-corrected chi connectivity index (χ1v) is 2.96. The summed E-state index contributed by atoms with van der Waals surface area (Å²) in [6.07, 6.45) is -1.98. The van der Waals surface area contributed by atoms with Crippen LogP contribution in [0.3, 0.4) is 0 Å². The minimum absolute atomic E-state index is 0.189. The van der Waals surface area contributed by atoms with E-state index in [0.29, 0.717) is 0 Å². The predicted octanol–water partition coefficient (Wildman–Crippen LogP) is -0.208. The smallest absolute Gasteiger partial charge is 0.409 e. The molecule has 1 N–H and O–H groups in total. The number of alkyl carbamates (subject to hydrolysis) is 1. The molecule has 1 aliphatic rings. The fourth-order valence-electron chi connectivity index (χ4n) is 0.507. The molecule has 0 saturated carbocycles. The molecule has 1 rings (SSSR count). The van der Waals surface area contributed by atoms with Gasteiger partial charge in [-0.15, -0.1) is 0 Å². The van der Waals surface area contributed by atoms with Crippen LogP contribution in [-0.2, 0) is 14.3 Å². The summed E-state index contributed by atoms with van der Waals surface area (Å²) in [6.45, 7) is 0. The number of carbonyl (C=O) groups is 2. The number of halogens is 1. The number of imide groups is 1. The van der Waals surface area contributed by atoms with E-state index >= 15 is 0 Å². The van der Waals surface area contributed by atoms with Gasteiger partial charge < -0.3 is 9.47 Å². The first-order chi connectivity index (χ1) is 4.74. The highest BCUT2D eigenvalue weighted by molar-refractivity contribution is 6.17. The van der Waals surface area contributed by atoms with Gasteiger partial charge in [0, 0.05) is 0 Å². The van der Waals surface area contributed by atoms with Crippen molar-refractivity contribution >= 4 is 23.6 Å². The van der Waals surface area contributed by atoms with Crippen LogP contribution in [0, 0.1) is 0 Å². The Kier molecular flexibility index (Phi) is 2.08. The van der Waals surface area contributed by atoms with Crippen LogP contribution >= 0.6 is 11.6 Å². The third-order valence-electron chi connectivity index (χ3n) is 0.868. The van der Waals surface area contributed by atoms with Gasteiger partial charge in [-0.1, -0.05) is 11.6 Å². The van der Waals surface area contributed by atoms with Gasteiger partial charge >= 0.3 is 6.09 Å². The van der Waals surface area contributed by atoms with Gasteiger partial charge in [0.25, 0.3) is 12.2 Å². The number of amides is 2. The summed E-state index contributed by atoms with van der Waals surface area (Å²) >= 11 is 5.10. The maximum Gasteiger partial charge on any atom is 0.416 e. The van der Waals surface area contributed by atoms with Gasteiger partial charge in [0.05, 0.1) is 0 Å². The lowest BCUT2D eigenvalue weighted by Crippen LogP contribution is -2.26. The highest BCUT2D eigenvalue weighted by atomic mass is 35.5. The van der Waals surface area contributed by atoms with Gasteiger partial charge in [-0.25, -0.2) is 4.79 Å². The number of rotatable bonds is 2. The molecule has 0 bridgehead atoms. The standard InChI is InChI=1S/C4H4ClNO4/c5-1-9-3-2(7)6-4(8)10-3/h3H,1H2,(H,6,7,8). The summed E-state index contributed by atoms with van der Waals surface area (Å²) in [6, 6.07) is -0.189. The molecule has 0 aromatic rings. The molecule has 1 heterocycles. The van der Waals surface area contributed by atoms with Gasteiger partial charge in [0.2, 0.25) is 0 Å². The van der Waals surface area contributed by atoms with Crippen molar-refractivity contribution in [2.75, 3.05) is 6.07 Å². The second-order valence-electron chi connectivity index (χ2n) is 1.50. The molecule has 6 heteroatoms. The zero-order valence-electron chi connectivity index (χ0n) is 4.80. The molecular weight excluding hydrogens is 161 g/mol. The van der Waals surface area contributed by atoms with E-state index in [4.69, 9.17) is 11.6 Å². The topological polar surface area (TPSA) is 64.6 Å². The molecule has 1 unspecified atom stereocenters.